The molecule has 3 aliphatic rings. The zero-order chi connectivity index (χ0) is 32.8. The summed E-state index contributed by atoms with van der Waals surface area (Å²) < 4.78 is 45.6. The molecule has 250 valence electrons. The van der Waals surface area contributed by atoms with Crippen LogP contribution in [0.2, 0.25) is 0 Å². The van der Waals surface area contributed by atoms with Crippen molar-refractivity contribution < 1.29 is 37.5 Å². The molecule has 2 saturated carbocycles. The molecule has 4 amide bonds. The van der Waals surface area contributed by atoms with Gasteiger partial charge in [-0.3, -0.25) is 19.2 Å². The Labute approximate surface area is 262 Å². The smallest absolute Gasteiger partial charge is 0.352 e. The average molecular weight is 638 g/mol. The SMILES string of the molecule is CCC(=O)N[C@H](Cc1ccc(NC(=O)[C@@H](NC(=O)C(F)(F)C2(O)CCCC2)C2CCCCC2)c(F)c1)C(=O)N1CCN(C)CC1. The van der Waals surface area contributed by atoms with Crippen molar-refractivity contribution in [2.75, 3.05) is 38.5 Å². The van der Waals surface area contributed by atoms with Crippen LogP contribution < -0.4 is 16.0 Å². The molecule has 1 aromatic rings. The summed E-state index contributed by atoms with van der Waals surface area (Å²) in [7, 11) is 1.96. The second kappa shape index (κ2) is 14.9. The fourth-order valence-electron chi connectivity index (χ4n) is 6.56. The number of piperazine rings is 1. The molecule has 13 heteroatoms. The van der Waals surface area contributed by atoms with Crippen LogP contribution in [0, 0.1) is 11.7 Å². The zero-order valence-electron chi connectivity index (χ0n) is 26.2. The van der Waals surface area contributed by atoms with Gasteiger partial charge in [-0.2, -0.15) is 8.78 Å². The van der Waals surface area contributed by atoms with Crippen molar-refractivity contribution in [3.63, 3.8) is 0 Å². The van der Waals surface area contributed by atoms with Crippen molar-refractivity contribution in [3.8, 4) is 0 Å². The van der Waals surface area contributed by atoms with E-state index in [1.54, 1.807) is 11.8 Å². The van der Waals surface area contributed by atoms with Crippen molar-refractivity contribution in [1.29, 1.82) is 0 Å². The fourth-order valence-corrected chi connectivity index (χ4v) is 6.56. The molecule has 1 heterocycles. The van der Waals surface area contributed by atoms with Gasteiger partial charge in [0.15, 0.2) is 0 Å². The molecule has 1 aromatic carbocycles. The maximum absolute atomic E-state index is 15.4. The summed E-state index contributed by atoms with van der Waals surface area (Å²) in [5, 5.41) is 17.9. The predicted molar refractivity (Wildman–Crippen MR) is 162 cm³/mol. The summed E-state index contributed by atoms with van der Waals surface area (Å²) in [6, 6.07) is 1.76. The molecular weight excluding hydrogens is 591 g/mol. The Morgan fingerprint density at radius 1 is 1.00 bits per heavy atom. The van der Waals surface area contributed by atoms with Crippen molar-refractivity contribution in [3.05, 3.63) is 29.6 Å². The Morgan fingerprint density at radius 3 is 2.24 bits per heavy atom. The van der Waals surface area contributed by atoms with Crippen LogP contribution >= 0.6 is 0 Å². The van der Waals surface area contributed by atoms with E-state index in [-0.39, 0.29) is 43.2 Å². The lowest BCUT2D eigenvalue weighted by atomic mass is 9.83. The van der Waals surface area contributed by atoms with E-state index in [1.165, 1.54) is 12.1 Å². The van der Waals surface area contributed by atoms with Gasteiger partial charge in [0.25, 0.3) is 5.91 Å². The van der Waals surface area contributed by atoms with Gasteiger partial charge in [0.1, 0.15) is 23.5 Å². The number of carbonyl (C=O) groups is 4. The minimum Gasteiger partial charge on any atom is -0.383 e. The number of halogens is 3. The lowest BCUT2D eigenvalue weighted by Gasteiger charge is -2.35. The highest BCUT2D eigenvalue weighted by Crippen LogP contribution is 2.42. The Kier molecular flexibility index (Phi) is 11.5. The molecule has 0 aromatic heterocycles. The molecule has 0 unspecified atom stereocenters. The van der Waals surface area contributed by atoms with Crippen LogP contribution in [0.4, 0.5) is 18.9 Å². The lowest BCUT2D eigenvalue weighted by molar-refractivity contribution is -0.192. The topological polar surface area (TPSA) is 131 Å². The number of aliphatic hydroxyl groups is 1. The summed E-state index contributed by atoms with van der Waals surface area (Å²) in [5.74, 6) is -8.43. The molecule has 2 aliphatic carbocycles. The molecule has 1 saturated heterocycles. The second-order valence-electron chi connectivity index (χ2n) is 12.8. The number of anilines is 1. The fraction of sp³-hybridized carbons (Fsp3) is 0.688. The monoisotopic (exact) mass is 637 g/mol. The Morgan fingerprint density at radius 2 is 1.64 bits per heavy atom. The molecule has 0 radical (unpaired) electrons. The third-order valence-corrected chi connectivity index (χ3v) is 9.49. The first-order valence-corrected chi connectivity index (χ1v) is 16.1. The third-order valence-electron chi connectivity index (χ3n) is 9.49. The minimum atomic E-state index is -4.09. The molecule has 2 atom stereocenters. The summed E-state index contributed by atoms with van der Waals surface area (Å²) in [6.07, 6.45) is 4.02. The second-order valence-corrected chi connectivity index (χ2v) is 12.8. The normalized spacial score (nSPS) is 20.7. The largest absolute Gasteiger partial charge is 0.383 e. The number of nitrogens with one attached hydrogen (secondary N) is 3. The van der Waals surface area contributed by atoms with E-state index in [1.807, 2.05) is 7.05 Å². The first kappa shape index (κ1) is 34.7. The first-order valence-electron chi connectivity index (χ1n) is 16.1. The number of carbonyl (C=O) groups excluding carboxylic acids is 4. The highest BCUT2D eigenvalue weighted by atomic mass is 19.3. The average Bonchev–Trinajstić information content (AvgIpc) is 3.49. The van der Waals surface area contributed by atoms with E-state index in [9.17, 15) is 24.3 Å². The number of benzene rings is 1. The number of rotatable bonds is 11. The van der Waals surface area contributed by atoms with E-state index >= 15 is 13.2 Å². The van der Waals surface area contributed by atoms with Crippen LogP contribution in [0.3, 0.4) is 0 Å². The summed E-state index contributed by atoms with van der Waals surface area (Å²) in [5.41, 5.74) is -2.26. The highest BCUT2D eigenvalue weighted by molar-refractivity contribution is 5.98. The number of hydrogen-bond acceptors (Lipinski definition) is 6. The quantitative estimate of drug-likeness (QED) is 0.295. The van der Waals surface area contributed by atoms with Gasteiger partial charge in [-0.25, -0.2) is 4.39 Å². The van der Waals surface area contributed by atoms with Gasteiger partial charge >= 0.3 is 5.92 Å². The standard InChI is InChI=1S/C32H46F3N5O5/c1-3-26(41)36-25(29(43)40-17-15-39(2)16-18-40)20-21-11-12-24(23(33)19-21)37-28(42)27(22-9-5-4-6-10-22)38-30(44)32(34,35)31(45)13-7-8-14-31/h11-12,19,22,25,27,45H,3-10,13-18,20H2,1-2H3,(H,36,41)(H,37,42)(H,38,44)/t25-,27+/m1/s1. The number of nitrogens with zero attached hydrogens (tertiary/aromatic N) is 2. The summed E-state index contributed by atoms with van der Waals surface area (Å²) in [6.45, 7) is 4.09. The van der Waals surface area contributed by atoms with E-state index in [0.717, 1.165) is 25.3 Å². The molecule has 45 heavy (non-hydrogen) atoms. The van der Waals surface area contributed by atoms with Crippen LogP contribution in [-0.2, 0) is 25.6 Å². The van der Waals surface area contributed by atoms with Gasteiger partial charge in [-0.15, -0.1) is 0 Å². The Bertz CT molecular complexity index is 1230. The van der Waals surface area contributed by atoms with Crippen LogP contribution in [0.5, 0.6) is 0 Å². The van der Waals surface area contributed by atoms with E-state index in [0.29, 0.717) is 57.4 Å². The third kappa shape index (κ3) is 8.35. The number of hydrogen-bond donors (Lipinski definition) is 4. The van der Waals surface area contributed by atoms with Gasteiger partial charge in [0, 0.05) is 39.0 Å². The maximum atomic E-state index is 15.4. The van der Waals surface area contributed by atoms with Gasteiger partial charge in [0.05, 0.1) is 5.69 Å². The lowest BCUT2D eigenvalue weighted by Crippen LogP contribution is -2.60. The van der Waals surface area contributed by atoms with Crippen LogP contribution in [0.15, 0.2) is 18.2 Å². The number of amides is 4. The molecule has 3 fully saturated rings. The molecule has 0 bridgehead atoms. The molecular formula is C32H46F3N5O5. The summed E-state index contributed by atoms with van der Waals surface area (Å²) in [4.78, 5) is 55.5. The van der Waals surface area contributed by atoms with Gasteiger partial charge in [0.2, 0.25) is 17.7 Å². The Hall–Kier alpha value is -3.19. The first-order chi connectivity index (χ1) is 21.3. The minimum absolute atomic E-state index is 0.0286. The van der Waals surface area contributed by atoms with Gasteiger partial charge in [-0.1, -0.05) is 45.1 Å². The molecule has 10 nitrogen and oxygen atoms in total. The van der Waals surface area contributed by atoms with Gasteiger partial charge in [-0.05, 0) is 56.3 Å². The van der Waals surface area contributed by atoms with Gasteiger partial charge < -0.3 is 30.9 Å². The Balaban J connectivity index is 1.48. The molecule has 4 N–H and O–H groups in total. The van der Waals surface area contributed by atoms with Crippen LogP contribution in [0.25, 0.3) is 0 Å². The van der Waals surface area contributed by atoms with Crippen LogP contribution in [0.1, 0.15) is 76.7 Å². The van der Waals surface area contributed by atoms with Crippen molar-refractivity contribution >= 4 is 29.3 Å². The molecule has 1 aliphatic heterocycles. The highest BCUT2D eigenvalue weighted by Gasteiger charge is 2.59. The molecule has 4 rings (SSSR count). The van der Waals surface area contributed by atoms with E-state index in [4.69, 9.17) is 0 Å². The zero-order valence-corrected chi connectivity index (χ0v) is 26.2. The van der Waals surface area contributed by atoms with Crippen molar-refractivity contribution in [1.82, 2.24) is 20.4 Å². The summed E-state index contributed by atoms with van der Waals surface area (Å²) >= 11 is 0. The molecule has 0 spiro atoms. The van der Waals surface area contributed by atoms with Crippen molar-refractivity contribution in [2.24, 2.45) is 5.92 Å². The van der Waals surface area contributed by atoms with E-state index < -0.39 is 47.2 Å². The maximum Gasteiger partial charge on any atom is 0.352 e. The number of alkyl halides is 2. The number of likely N-dealkylation sites (N-methyl/N-ethyl adjacent to an activating group) is 1. The van der Waals surface area contributed by atoms with Crippen LogP contribution in [-0.4, -0.2) is 95.4 Å². The van der Waals surface area contributed by atoms with E-state index in [2.05, 4.69) is 20.9 Å². The predicted octanol–water partition coefficient (Wildman–Crippen LogP) is 2.98. The van der Waals surface area contributed by atoms with Crippen molar-refractivity contribution in [2.45, 2.75) is 101 Å².